The lowest BCUT2D eigenvalue weighted by Crippen LogP contribution is -2.33. The topological polar surface area (TPSA) is 76.1 Å². The van der Waals surface area contributed by atoms with Crippen LogP contribution in [0.2, 0.25) is 0 Å². The van der Waals surface area contributed by atoms with Crippen LogP contribution < -0.4 is 10.6 Å². The van der Waals surface area contributed by atoms with Crippen molar-refractivity contribution in [2.75, 3.05) is 26.7 Å². The van der Waals surface area contributed by atoms with E-state index < -0.39 is 0 Å². The molecule has 98 valence electrons. The van der Waals surface area contributed by atoms with Crippen LogP contribution in [0.1, 0.15) is 23.9 Å². The standard InChI is InChI=1S/C12H18N4O2/c1-13-12(17)3-2-9-6-15-7-10(16-9)11-8-14-4-5-18-11/h6-7,11,14H,2-5,8H2,1H3,(H,13,17)/t11-/m0/s1. The van der Waals surface area contributed by atoms with Gasteiger partial charge in [0.2, 0.25) is 5.91 Å². The van der Waals surface area contributed by atoms with E-state index in [1.165, 1.54) is 0 Å². The van der Waals surface area contributed by atoms with Gasteiger partial charge in [0.25, 0.3) is 0 Å². The second-order valence-electron chi connectivity index (χ2n) is 4.17. The van der Waals surface area contributed by atoms with Crippen molar-refractivity contribution in [3.63, 3.8) is 0 Å². The number of carbonyl (C=O) groups is 1. The second kappa shape index (κ2) is 6.42. The molecule has 1 aromatic rings. The predicted molar refractivity (Wildman–Crippen MR) is 66.0 cm³/mol. The molecule has 1 amide bonds. The fourth-order valence-electron chi connectivity index (χ4n) is 1.82. The number of carbonyl (C=O) groups excluding carboxylic acids is 1. The molecule has 1 aliphatic rings. The summed E-state index contributed by atoms with van der Waals surface area (Å²) in [7, 11) is 1.63. The van der Waals surface area contributed by atoms with Crippen LogP contribution in [0, 0.1) is 0 Å². The van der Waals surface area contributed by atoms with Crippen LogP contribution in [0.5, 0.6) is 0 Å². The Labute approximate surface area is 106 Å². The molecule has 2 rings (SSSR count). The highest BCUT2D eigenvalue weighted by Crippen LogP contribution is 2.16. The summed E-state index contributed by atoms with van der Waals surface area (Å²) in [4.78, 5) is 19.8. The summed E-state index contributed by atoms with van der Waals surface area (Å²) in [5.41, 5.74) is 1.65. The zero-order valence-electron chi connectivity index (χ0n) is 10.5. The highest BCUT2D eigenvalue weighted by Gasteiger charge is 2.17. The van der Waals surface area contributed by atoms with E-state index in [-0.39, 0.29) is 12.0 Å². The van der Waals surface area contributed by atoms with Crippen molar-refractivity contribution < 1.29 is 9.53 Å². The lowest BCUT2D eigenvalue weighted by Gasteiger charge is -2.23. The zero-order chi connectivity index (χ0) is 12.8. The molecule has 1 fully saturated rings. The van der Waals surface area contributed by atoms with Crippen LogP contribution in [-0.4, -0.2) is 42.6 Å². The molecule has 0 spiro atoms. The summed E-state index contributed by atoms with van der Waals surface area (Å²) in [6, 6.07) is 0. The average Bonchev–Trinajstić information content (AvgIpc) is 2.46. The molecule has 0 unspecified atom stereocenters. The Morgan fingerprint density at radius 2 is 2.50 bits per heavy atom. The minimum atomic E-state index is -0.0359. The molecule has 0 saturated carbocycles. The molecule has 1 saturated heterocycles. The lowest BCUT2D eigenvalue weighted by molar-refractivity contribution is -0.120. The summed E-state index contributed by atoms with van der Waals surface area (Å²) in [6.07, 6.45) is 4.41. The number of rotatable bonds is 4. The summed E-state index contributed by atoms with van der Waals surface area (Å²) in [6.45, 7) is 2.32. The first-order valence-electron chi connectivity index (χ1n) is 6.13. The third-order valence-corrected chi connectivity index (χ3v) is 2.85. The van der Waals surface area contributed by atoms with E-state index in [1.807, 2.05) is 0 Å². The molecule has 0 aromatic carbocycles. The van der Waals surface area contributed by atoms with E-state index in [9.17, 15) is 4.79 Å². The van der Waals surface area contributed by atoms with E-state index in [4.69, 9.17) is 4.74 Å². The maximum absolute atomic E-state index is 11.2. The van der Waals surface area contributed by atoms with Gasteiger partial charge in [-0.15, -0.1) is 0 Å². The summed E-state index contributed by atoms with van der Waals surface area (Å²) < 4.78 is 5.62. The van der Waals surface area contributed by atoms with Gasteiger partial charge >= 0.3 is 0 Å². The molecule has 1 atom stereocenters. The Morgan fingerprint density at radius 1 is 1.61 bits per heavy atom. The van der Waals surface area contributed by atoms with Crippen molar-refractivity contribution in [2.45, 2.75) is 18.9 Å². The number of nitrogens with one attached hydrogen (secondary N) is 2. The maximum Gasteiger partial charge on any atom is 0.220 e. The molecule has 2 N–H and O–H groups in total. The monoisotopic (exact) mass is 250 g/mol. The number of ether oxygens (including phenoxy) is 1. The number of aryl methyl sites for hydroxylation is 1. The van der Waals surface area contributed by atoms with Crippen molar-refractivity contribution >= 4 is 5.91 Å². The second-order valence-corrected chi connectivity index (χ2v) is 4.17. The van der Waals surface area contributed by atoms with Crippen molar-refractivity contribution in [3.8, 4) is 0 Å². The Bertz CT molecular complexity index is 405. The van der Waals surface area contributed by atoms with E-state index in [2.05, 4.69) is 20.6 Å². The third kappa shape index (κ3) is 3.48. The number of aromatic nitrogens is 2. The first-order valence-corrected chi connectivity index (χ1v) is 6.13. The molecular formula is C12H18N4O2. The lowest BCUT2D eigenvalue weighted by atomic mass is 10.2. The van der Waals surface area contributed by atoms with E-state index in [1.54, 1.807) is 19.4 Å². The van der Waals surface area contributed by atoms with E-state index >= 15 is 0 Å². The van der Waals surface area contributed by atoms with Crippen molar-refractivity contribution in [3.05, 3.63) is 23.8 Å². The van der Waals surface area contributed by atoms with E-state index in [0.29, 0.717) is 19.4 Å². The number of morpholine rings is 1. The molecule has 0 radical (unpaired) electrons. The van der Waals surface area contributed by atoms with Gasteiger partial charge in [0.15, 0.2) is 0 Å². The number of hydrogen-bond donors (Lipinski definition) is 2. The summed E-state index contributed by atoms with van der Waals surface area (Å²) in [5.74, 6) is 0.0118. The van der Waals surface area contributed by atoms with Gasteiger partial charge in [-0.2, -0.15) is 0 Å². The summed E-state index contributed by atoms with van der Waals surface area (Å²) >= 11 is 0. The van der Waals surface area contributed by atoms with Crippen LogP contribution in [0.4, 0.5) is 0 Å². The summed E-state index contributed by atoms with van der Waals surface area (Å²) in [5, 5.41) is 5.85. The Balaban J connectivity index is 1.98. The van der Waals surface area contributed by atoms with Gasteiger partial charge < -0.3 is 15.4 Å². The SMILES string of the molecule is CNC(=O)CCc1cncc([C@@H]2CNCCO2)n1. The highest BCUT2D eigenvalue weighted by atomic mass is 16.5. The van der Waals surface area contributed by atoms with Gasteiger partial charge in [0.1, 0.15) is 6.10 Å². The predicted octanol–water partition coefficient (Wildman–Crippen LogP) is -0.184. The Kier molecular flexibility index (Phi) is 4.60. The molecule has 6 heteroatoms. The quantitative estimate of drug-likeness (QED) is 0.775. The van der Waals surface area contributed by atoms with Crippen LogP contribution >= 0.6 is 0 Å². The van der Waals surface area contributed by atoms with Crippen LogP contribution in [0.3, 0.4) is 0 Å². The Morgan fingerprint density at radius 3 is 3.22 bits per heavy atom. The smallest absolute Gasteiger partial charge is 0.220 e. The number of amides is 1. The largest absolute Gasteiger partial charge is 0.369 e. The fraction of sp³-hybridized carbons (Fsp3) is 0.583. The molecule has 0 aliphatic carbocycles. The van der Waals surface area contributed by atoms with E-state index in [0.717, 1.165) is 24.5 Å². The molecule has 1 aromatic heterocycles. The van der Waals surface area contributed by atoms with Gasteiger partial charge in [-0.1, -0.05) is 0 Å². The van der Waals surface area contributed by atoms with Crippen LogP contribution in [0.25, 0.3) is 0 Å². The van der Waals surface area contributed by atoms with Crippen LogP contribution in [0.15, 0.2) is 12.4 Å². The molecule has 1 aliphatic heterocycles. The van der Waals surface area contributed by atoms with Gasteiger partial charge in [0, 0.05) is 32.8 Å². The van der Waals surface area contributed by atoms with Gasteiger partial charge in [0.05, 0.1) is 24.2 Å². The van der Waals surface area contributed by atoms with Crippen molar-refractivity contribution in [1.82, 2.24) is 20.6 Å². The first kappa shape index (κ1) is 12.9. The minimum absolute atomic E-state index is 0.0118. The number of hydrogen-bond acceptors (Lipinski definition) is 5. The van der Waals surface area contributed by atoms with Crippen LogP contribution in [-0.2, 0) is 16.0 Å². The van der Waals surface area contributed by atoms with Crippen molar-refractivity contribution in [1.29, 1.82) is 0 Å². The normalized spacial score (nSPS) is 19.5. The first-order chi connectivity index (χ1) is 8.79. The zero-order valence-corrected chi connectivity index (χ0v) is 10.5. The fourth-order valence-corrected chi connectivity index (χ4v) is 1.82. The molecule has 6 nitrogen and oxygen atoms in total. The molecule has 2 heterocycles. The third-order valence-electron chi connectivity index (χ3n) is 2.85. The average molecular weight is 250 g/mol. The molecular weight excluding hydrogens is 232 g/mol. The van der Waals surface area contributed by atoms with Crippen molar-refractivity contribution in [2.24, 2.45) is 0 Å². The van der Waals surface area contributed by atoms with Gasteiger partial charge in [-0.05, 0) is 6.42 Å². The maximum atomic E-state index is 11.2. The molecule has 0 bridgehead atoms. The van der Waals surface area contributed by atoms with Gasteiger partial charge in [-0.3, -0.25) is 14.8 Å². The Hall–Kier alpha value is -1.53. The highest BCUT2D eigenvalue weighted by molar-refractivity contribution is 5.75. The van der Waals surface area contributed by atoms with Gasteiger partial charge in [-0.25, -0.2) is 0 Å². The number of nitrogens with zero attached hydrogens (tertiary/aromatic N) is 2. The molecule has 18 heavy (non-hydrogen) atoms. The minimum Gasteiger partial charge on any atom is -0.369 e.